The van der Waals surface area contributed by atoms with Crippen molar-refractivity contribution in [2.75, 3.05) is 0 Å². The van der Waals surface area contributed by atoms with Gasteiger partial charge in [0, 0.05) is 0 Å². The molecule has 0 spiro atoms. The van der Waals surface area contributed by atoms with Gasteiger partial charge in [-0.05, 0) is 22.6 Å². The fraction of sp³-hybridized carbons (Fsp3) is 0.286. The maximum Gasteiger partial charge on any atom is 0.436 e. The lowest BCUT2D eigenvalue weighted by molar-refractivity contribution is -0.143. The molecular weight excluding hydrogens is 360 g/mol. The smallest absolute Gasteiger partial charge is 0.436 e. The molecule has 17 heavy (non-hydrogen) atoms. The van der Waals surface area contributed by atoms with Crippen LogP contribution >= 0.6 is 22.6 Å². The first-order valence-corrected chi connectivity index (χ1v) is 5.01. The van der Waals surface area contributed by atoms with Crippen LogP contribution in [0.2, 0.25) is 0 Å². The molecule has 0 saturated carbocycles. The Labute approximate surface area is 105 Å². The van der Waals surface area contributed by atoms with Gasteiger partial charge < -0.3 is 10.2 Å². The summed E-state index contributed by atoms with van der Waals surface area (Å²) in [5.41, 5.74) is -2.20. The van der Waals surface area contributed by atoms with E-state index < -0.39 is 39.6 Å². The van der Waals surface area contributed by atoms with Gasteiger partial charge >= 0.3 is 18.1 Å². The van der Waals surface area contributed by atoms with Crippen LogP contribution in [0.15, 0.2) is 0 Å². The van der Waals surface area contributed by atoms with Gasteiger partial charge in [-0.15, -0.1) is 0 Å². The number of aromatic nitrogens is 2. The van der Waals surface area contributed by atoms with Crippen LogP contribution in [0, 0.1) is 3.57 Å². The molecule has 0 aliphatic heterocycles. The highest BCUT2D eigenvalue weighted by atomic mass is 127. The first-order valence-electron chi connectivity index (χ1n) is 3.93. The molecule has 0 aliphatic rings. The van der Waals surface area contributed by atoms with Crippen molar-refractivity contribution in [3.8, 4) is 0 Å². The summed E-state index contributed by atoms with van der Waals surface area (Å²) < 4.78 is 36.9. The van der Waals surface area contributed by atoms with Crippen molar-refractivity contribution in [1.29, 1.82) is 0 Å². The Balaban J connectivity index is 3.40. The Hall–Kier alpha value is -1.33. The Bertz CT molecular complexity index is 482. The van der Waals surface area contributed by atoms with E-state index in [4.69, 9.17) is 10.2 Å². The molecule has 2 N–H and O–H groups in total. The normalized spacial score (nSPS) is 11.5. The summed E-state index contributed by atoms with van der Waals surface area (Å²) in [7, 11) is 0. The van der Waals surface area contributed by atoms with Gasteiger partial charge in [0.15, 0.2) is 11.4 Å². The lowest BCUT2D eigenvalue weighted by Crippen LogP contribution is -2.16. The van der Waals surface area contributed by atoms with E-state index in [1.165, 1.54) is 22.6 Å². The molecular formula is C7H4F3IN2O4. The van der Waals surface area contributed by atoms with Crippen molar-refractivity contribution < 1.29 is 33.0 Å². The molecule has 1 aromatic rings. The van der Waals surface area contributed by atoms with Gasteiger partial charge in [0.05, 0.1) is 3.57 Å². The SMILES string of the molecule is O=C(O)Cn1nc(C(F)(F)F)c(I)c1C(=O)O. The predicted molar refractivity (Wildman–Crippen MR) is 54.5 cm³/mol. The number of carboxylic acid groups (broad SMARTS) is 2. The van der Waals surface area contributed by atoms with Crippen molar-refractivity contribution in [2.24, 2.45) is 0 Å². The van der Waals surface area contributed by atoms with Crippen molar-refractivity contribution in [3.63, 3.8) is 0 Å². The molecule has 0 fully saturated rings. The van der Waals surface area contributed by atoms with E-state index in [-0.39, 0.29) is 0 Å². The van der Waals surface area contributed by atoms with Crippen LogP contribution < -0.4 is 0 Å². The molecule has 0 aromatic carbocycles. The number of hydrogen-bond acceptors (Lipinski definition) is 3. The Morgan fingerprint density at radius 1 is 1.35 bits per heavy atom. The lowest BCUT2D eigenvalue weighted by atomic mass is 10.3. The van der Waals surface area contributed by atoms with Crippen LogP contribution in [0.25, 0.3) is 0 Å². The van der Waals surface area contributed by atoms with Gasteiger partial charge in [-0.2, -0.15) is 18.3 Å². The number of hydrogen-bond donors (Lipinski definition) is 2. The van der Waals surface area contributed by atoms with Crippen molar-refractivity contribution in [1.82, 2.24) is 9.78 Å². The minimum Gasteiger partial charge on any atom is -0.480 e. The molecule has 0 bridgehead atoms. The Kier molecular flexibility index (Phi) is 3.64. The number of aliphatic carboxylic acids is 1. The number of aromatic carboxylic acids is 1. The average Bonchev–Trinajstić information content (AvgIpc) is 2.40. The van der Waals surface area contributed by atoms with E-state index in [9.17, 15) is 22.8 Å². The highest BCUT2D eigenvalue weighted by Gasteiger charge is 2.40. The minimum absolute atomic E-state index is 0.301. The standard InChI is InChI=1S/C7H4F3IN2O4/c8-7(9,10)5-3(11)4(6(16)17)13(12-5)1-2(14)15/h1H2,(H,14,15)(H,16,17). The Morgan fingerprint density at radius 2 is 1.88 bits per heavy atom. The summed E-state index contributed by atoms with van der Waals surface area (Å²) in [6.45, 7) is -0.951. The molecule has 0 amide bonds. The molecule has 0 atom stereocenters. The molecule has 0 radical (unpaired) electrons. The van der Waals surface area contributed by atoms with Gasteiger partial charge in [0.1, 0.15) is 6.54 Å². The predicted octanol–water partition coefficient (Wildman–Crippen LogP) is 1.29. The number of nitrogens with zero attached hydrogens (tertiary/aromatic N) is 2. The number of carbonyl (C=O) groups is 2. The van der Waals surface area contributed by atoms with E-state index in [1.807, 2.05) is 0 Å². The number of carboxylic acids is 2. The molecule has 10 heteroatoms. The first kappa shape index (κ1) is 13.7. The van der Waals surface area contributed by atoms with Crippen molar-refractivity contribution in [3.05, 3.63) is 15.0 Å². The summed E-state index contributed by atoms with van der Waals surface area (Å²) in [6.07, 6.45) is -4.83. The van der Waals surface area contributed by atoms with Gasteiger partial charge in [0.25, 0.3) is 0 Å². The zero-order valence-electron chi connectivity index (χ0n) is 7.82. The number of halogens is 4. The summed E-state index contributed by atoms with van der Waals surface area (Å²) in [6, 6.07) is 0. The fourth-order valence-corrected chi connectivity index (χ4v) is 1.99. The number of alkyl halides is 3. The van der Waals surface area contributed by atoms with Gasteiger partial charge in [0.2, 0.25) is 0 Å². The third-order valence-corrected chi connectivity index (χ3v) is 2.67. The average molecular weight is 364 g/mol. The molecule has 0 aliphatic carbocycles. The molecule has 94 valence electrons. The largest absolute Gasteiger partial charge is 0.480 e. The van der Waals surface area contributed by atoms with Crippen LogP contribution in [0.1, 0.15) is 16.2 Å². The molecule has 1 rings (SSSR count). The van der Waals surface area contributed by atoms with E-state index in [2.05, 4.69) is 5.10 Å². The second-order valence-corrected chi connectivity index (χ2v) is 3.94. The third kappa shape index (κ3) is 2.87. The monoisotopic (exact) mass is 364 g/mol. The summed E-state index contributed by atoms with van der Waals surface area (Å²) in [5.74, 6) is -3.15. The summed E-state index contributed by atoms with van der Waals surface area (Å²) in [4.78, 5) is 21.1. The highest BCUT2D eigenvalue weighted by Crippen LogP contribution is 2.33. The molecule has 0 unspecified atom stereocenters. The minimum atomic E-state index is -4.83. The van der Waals surface area contributed by atoms with E-state index in [0.29, 0.717) is 4.68 Å². The lowest BCUT2D eigenvalue weighted by Gasteiger charge is -2.01. The van der Waals surface area contributed by atoms with Crippen LogP contribution in [-0.2, 0) is 17.5 Å². The summed E-state index contributed by atoms with van der Waals surface area (Å²) in [5, 5.41) is 20.1. The van der Waals surface area contributed by atoms with Crippen LogP contribution in [-0.4, -0.2) is 31.9 Å². The molecule has 1 heterocycles. The summed E-state index contributed by atoms with van der Waals surface area (Å²) >= 11 is 1.17. The second kappa shape index (κ2) is 4.50. The van der Waals surface area contributed by atoms with Gasteiger partial charge in [-0.3, -0.25) is 4.79 Å². The molecule has 0 saturated heterocycles. The molecule has 1 aromatic heterocycles. The number of rotatable bonds is 3. The maximum absolute atomic E-state index is 12.4. The third-order valence-electron chi connectivity index (χ3n) is 1.65. The second-order valence-electron chi connectivity index (χ2n) is 2.87. The molecule has 6 nitrogen and oxygen atoms in total. The van der Waals surface area contributed by atoms with E-state index in [0.717, 1.165) is 0 Å². The first-order chi connectivity index (χ1) is 7.64. The fourth-order valence-electron chi connectivity index (χ4n) is 1.07. The van der Waals surface area contributed by atoms with Crippen molar-refractivity contribution in [2.45, 2.75) is 12.7 Å². The van der Waals surface area contributed by atoms with E-state index in [1.54, 1.807) is 0 Å². The van der Waals surface area contributed by atoms with Gasteiger partial charge in [-0.1, -0.05) is 0 Å². The maximum atomic E-state index is 12.4. The van der Waals surface area contributed by atoms with Crippen LogP contribution in [0.4, 0.5) is 13.2 Å². The topological polar surface area (TPSA) is 92.4 Å². The van der Waals surface area contributed by atoms with Crippen molar-refractivity contribution >= 4 is 34.5 Å². The Morgan fingerprint density at radius 3 is 2.24 bits per heavy atom. The van der Waals surface area contributed by atoms with Crippen LogP contribution in [0.5, 0.6) is 0 Å². The van der Waals surface area contributed by atoms with E-state index >= 15 is 0 Å². The van der Waals surface area contributed by atoms with Crippen LogP contribution in [0.3, 0.4) is 0 Å². The quantitative estimate of drug-likeness (QED) is 0.789. The van der Waals surface area contributed by atoms with Gasteiger partial charge in [-0.25, -0.2) is 9.48 Å². The zero-order valence-corrected chi connectivity index (χ0v) is 9.98. The zero-order chi connectivity index (χ0) is 13.4. The highest BCUT2D eigenvalue weighted by molar-refractivity contribution is 14.1.